The van der Waals surface area contributed by atoms with E-state index in [1.54, 1.807) is 19.1 Å². The third kappa shape index (κ3) is 3.05. The number of hydrogen-bond donors (Lipinski definition) is 0. The van der Waals surface area contributed by atoms with Crippen molar-refractivity contribution >= 4 is 17.6 Å². The van der Waals surface area contributed by atoms with Crippen molar-refractivity contribution in [2.75, 3.05) is 6.61 Å². The Balaban J connectivity index is 2.04. The Labute approximate surface area is 111 Å². The molecule has 0 amide bonds. The summed E-state index contributed by atoms with van der Waals surface area (Å²) in [7, 11) is 0. The van der Waals surface area contributed by atoms with Crippen LogP contribution >= 0.6 is 11.6 Å². The largest absolute Gasteiger partial charge is 0.484 e. The summed E-state index contributed by atoms with van der Waals surface area (Å²) in [6.07, 6.45) is 4.75. The molecule has 1 aromatic carbocycles. The molecule has 0 aromatic heterocycles. The Morgan fingerprint density at radius 2 is 2.44 bits per heavy atom. The van der Waals surface area contributed by atoms with E-state index in [1.807, 2.05) is 12.1 Å². The van der Waals surface area contributed by atoms with E-state index in [1.165, 1.54) is 6.08 Å². The van der Waals surface area contributed by atoms with Gasteiger partial charge in [0.15, 0.2) is 0 Å². The van der Waals surface area contributed by atoms with Crippen LogP contribution in [0.15, 0.2) is 30.4 Å². The van der Waals surface area contributed by atoms with Crippen molar-refractivity contribution < 1.29 is 14.3 Å². The van der Waals surface area contributed by atoms with Crippen LogP contribution in [-0.4, -0.2) is 18.7 Å². The van der Waals surface area contributed by atoms with Crippen LogP contribution in [0.2, 0.25) is 5.02 Å². The molecule has 18 heavy (non-hydrogen) atoms. The maximum absolute atomic E-state index is 11.2. The topological polar surface area (TPSA) is 35.5 Å². The molecule has 96 valence electrons. The molecular weight excluding hydrogens is 252 g/mol. The smallest absolute Gasteiger partial charge is 0.330 e. The molecule has 1 aliphatic rings. The predicted molar refractivity (Wildman–Crippen MR) is 70.0 cm³/mol. The van der Waals surface area contributed by atoms with Crippen molar-refractivity contribution in [2.45, 2.75) is 25.9 Å². The molecule has 0 N–H and O–H groups in total. The zero-order valence-electron chi connectivity index (χ0n) is 10.2. The minimum Gasteiger partial charge on any atom is -0.484 e. The highest BCUT2D eigenvalue weighted by Crippen LogP contribution is 2.34. The van der Waals surface area contributed by atoms with Gasteiger partial charge < -0.3 is 9.47 Å². The first-order valence-corrected chi connectivity index (χ1v) is 6.37. The molecule has 0 unspecified atom stereocenters. The fraction of sp³-hybridized carbons (Fsp3) is 0.357. The normalized spacial score (nSPS) is 18.2. The summed E-state index contributed by atoms with van der Waals surface area (Å²) in [4.78, 5) is 11.2. The molecule has 0 saturated heterocycles. The minimum absolute atomic E-state index is 0.123. The van der Waals surface area contributed by atoms with Crippen molar-refractivity contribution in [3.05, 3.63) is 40.9 Å². The standard InChI is InChI=1S/C14H15ClO3/c1-2-17-13(16)9-8-11-7-6-10-4-3-5-12(15)14(10)18-11/h3-5,8-9,11H,2,6-7H2,1H3/b9-8+/t11-/m1/s1. The third-order valence-corrected chi connectivity index (χ3v) is 3.05. The lowest BCUT2D eigenvalue weighted by Crippen LogP contribution is -2.21. The summed E-state index contributed by atoms with van der Waals surface area (Å²) in [6.45, 7) is 2.15. The molecule has 0 spiro atoms. The van der Waals surface area contributed by atoms with Gasteiger partial charge in [0.05, 0.1) is 11.6 Å². The van der Waals surface area contributed by atoms with Crippen LogP contribution in [-0.2, 0) is 16.0 Å². The Kier molecular flexibility index (Phi) is 4.26. The Morgan fingerprint density at radius 1 is 1.61 bits per heavy atom. The Hall–Kier alpha value is -1.48. The molecule has 4 heteroatoms. The lowest BCUT2D eigenvalue weighted by Gasteiger charge is -2.24. The number of esters is 1. The number of carbonyl (C=O) groups excluding carboxylic acids is 1. The molecule has 0 bridgehead atoms. The van der Waals surface area contributed by atoms with E-state index >= 15 is 0 Å². The van der Waals surface area contributed by atoms with Crippen molar-refractivity contribution in [3.8, 4) is 5.75 Å². The number of hydrogen-bond acceptors (Lipinski definition) is 3. The molecule has 0 fully saturated rings. The first kappa shape index (κ1) is 13.0. The van der Waals surface area contributed by atoms with Gasteiger partial charge in [-0.05, 0) is 37.5 Å². The third-order valence-electron chi connectivity index (χ3n) is 2.75. The monoisotopic (exact) mass is 266 g/mol. The van der Waals surface area contributed by atoms with Gasteiger partial charge in [0.2, 0.25) is 0 Å². The van der Waals surface area contributed by atoms with Gasteiger partial charge in [-0.2, -0.15) is 0 Å². The van der Waals surface area contributed by atoms with E-state index in [4.69, 9.17) is 21.1 Å². The number of carbonyl (C=O) groups is 1. The molecule has 3 nitrogen and oxygen atoms in total. The number of benzene rings is 1. The van der Waals surface area contributed by atoms with Crippen LogP contribution in [0.4, 0.5) is 0 Å². The van der Waals surface area contributed by atoms with Crippen molar-refractivity contribution in [2.24, 2.45) is 0 Å². The number of para-hydroxylation sites is 1. The number of rotatable bonds is 3. The Morgan fingerprint density at radius 3 is 3.22 bits per heavy atom. The number of fused-ring (bicyclic) bond motifs is 1. The van der Waals surface area contributed by atoms with Crippen LogP contribution in [0, 0.1) is 0 Å². The van der Waals surface area contributed by atoms with Crippen LogP contribution < -0.4 is 4.74 Å². The quantitative estimate of drug-likeness (QED) is 0.623. The van der Waals surface area contributed by atoms with Gasteiger partial charge in [-0.15, -0.1) is 0 Å². The first-order valence-electron chi connectivity index (χ1n) is 5.99. The van der Waals surface area contributed by atoms with E-state index < -0.39 is 0 Å². The first-order chi connectivity index (χ1) is 8.70. The fourth-order valence-corrected chi connectivity index (χ4v) is 2.14. The van der Waals surface area contributed by atoms with Crippen molar-refractivity contribution in [3.63, 3.8) is 0 Å². The highest BCUT2D eigenvalue weighted by Gasteiger charge is 2.19. The molecule has 1 heterocycles. The van der Waals surface area contributed by atoms with Gasteiger partial charge in [0, 0.05) is 6.08 Å². The van der Waals surface area contributed by atoms with Gasteiger partial charge in [-0.3, -0.25) is 0 Å². The van der Waals surface area contributed by atoms with Crippen LogP contribution in [0.5, 0.6) is 5.75 Å². The average Bonchev–Trinajstić information content (AvgIpc) is 2.37. The summed E-state index contributed by atoms with van der Waals surface area (Å²) in [5.41, 5.74) is 1.11. The van der Waals surface area contributed by atoms with Gasteiger partial charge in [0.1, 0.15) is 11.9 Å². The van der Waals surface area contributed by atoms with E-state index in [9.17, 15) is 4.79 Å². The molecule has 1 aliphatic heterocycles. The van der Waals surface area contributed by atoms with Crippen LogP contribution in [0.25, 0.3) is 0 Å². The average molecular weight is 267 g/mol. The van der Waals surface area contributed by atoms with E-state index in [-0.39, 0.29) is 12.1 Å². The summed E-state index contributed by atoms with van der Waals surface area (Å²) in [6, 6.07) is 5.73. The maximum Gasteiger partial charge on any atom is 0.330 e. The maximum atomic E-state index is 11.2. The zero-order valence-corrected chi connectivity index (χ0v) is 10.9. The second kappa shape index (κ2) is 5.91. The SMILES string of the molecule is CCOC(=O)/C=C/[C@H]1CCc2cccc(Cl)c2O1. The molecule has 2 rings (SSSR count). The summed E-state index contributed by atoms with van der Waals surface area (Å²) in [5, 5.41) is 0.613. The molecule has 1 atom stereocenters. The number of halogens is 1. The second-order valence-electron chi connectivity index (χ2n) is 4.03. The highest BCUT2D eigenvalue weighted by molar-refractivity contribution is 6.32. The molecular formula is C14H15ClO3. The summed E-state index contributed by atoms with van der Waals surface area (Å²) < 4.78 is 10.6. The summed E-state index contributed by atoms with van der Waals surface area (Å²) in [5.74, 6) is 0.384. The summed E-state index contributed by atoms with van der Waals surface area (Å²) >= 11 is 6.08. The van der Waals surface area contributed by atoms with Gasteiger partial charge >= 0.3 is 5.97 Å². The van der Waals surface area contributed by atoms with Crippen LogP contribution in [0.1, 0.15) is 18.9 Å². The predicted octanol–water partition coefficient (Wildman–Crippen LogP) is 3.15. The highest BCUT2D eigenvalue weighted by atomic mass is 35.5. The number of aryl methyl sites for hydroxylation is 1. The van der Waals surface area contributed by atoms with Crippen molar-refractivity contribution in [1.29, 1.82) is 0 Å². The zero-order chi connectivity index (χ0) is 13.0. The van der Waals surface area contributed by atoms with E-state index in [0.717, 1.165) is 24.2 Å². The minimum atomic E-state index is -0.342. The molecule has 0 aliphatic carbocycles. The molecule has 1 aromatic rings. The van der Waals surface area contributed by atoms with Gasteiger partial charge in [-0.25, -0.2) is 4.79 Å². The van der Waals surface area contributed by atoms with Crippen molar-refractivity contribution in [1.82, 2.24) is 0 Å². The molecule has 0 saturated carbocycles. The van der Waals surface area contributed by atoms with E-state index in [0.29, 0.717) is 11.6 Å². The Bertz CT molecular complexity index is 468. The lowest BCUT2D eigenvalue weighted by molar-refractivity contribution is -0.137. The number of ether oxygens (including phenoxy) is 2. The van der Waals surface area contributed by atoms with Gasteiger partial charge in [0.25, 0.3) is 0 Å². The lowest BCUT2D eigenvalue weighted by atomic mass is 10.0. The second-order valence-corrected chi connectivity index (χ2v) is 4.44. The fourth-order valence-electron chi connectivity index (χ4n) is 1.90. The molecule has 0 radical (unpaired) electrons. The van der Waals surface area contributed by atoms with E-state index in [2.05, 4.69) is 0 Å². The van der Waals surface area contributed by atoms with Gasteiger partial charge in [-0.1, -0.05) is 23.7 Å². The van der Waals surface area contributed by atoms with Crippen LogP contribution in [0.3, 0.4) is 0 Å².